The minimum Gasteiger partial charge on any atom is -0.368 e. The summed E-state index contributed by atoms with van der Waals surface area (Å²) >= 11 is 1.81. The molecular weight excluding hydrogens is 545 g/mol. The van der Waals surface area contributed by atoms with Crippen LogP contribution in [0.15, 0.2) is 29.3 Å². The lowest BCUT2D eigenvalue weighted by molar-refractivity contribution is -0.384. The number of nitro benzene ring substituents is 1. The summed E-state index contributed by atoms with van der Waals surface area (Å²) in [7, 11) is 0. The third-order valence-corrected chi connectivity index (χ3v) is 6.16. The fraction of sp³-hybridized carbons (Fsp3) is 0.619. The van der Waals surface area contributed by atoms with Gasteiger partial charge in [0.1, 0.15) is 6.10 Å². The molecule has 0 radical (unpaired) electrons. The van der Waals surface area contributed by atoms with Crippen molar-refractivity contribution in [3.05, 3.63) is 39.9 Å². The average Bonchev–Trinajstić information content (AvgIpc) is 3.33. The number of hydrogen-bond acceptors (Lipinski definition) is 6. The second kappa shape index (κ2) is 13.8. The molecule has 0 bridgehead atoms. The van der Waals surface area contributed by atoms with Gasteiger partial charge in [-0.05, 0) is 36.8 Å². The second-order valence-electron chi connectivity index (χ2n) is 7.65. The van der Waals surface area contributed by atoms with E-state index in [1.54, 1.807) is 12.1 Å². The smallest absolute Gasteiger partial charge is 0.269 e. The molecule has 0 spiro atoms. The molecule has 1 aromatic carbocycles. The molecule has 1 unspecified atom stereocenters. The fourth-order valence-electron chi connectivity index (χ4n) is 3.69. The van der Waals surface area contributed by atoms with E-state index in [1.807, 2.05) is 16.7 Å². The number of piperazine rings is 1. The molecule has 2 aliphatic heterocycles. The monoisotopic (exact) mass is 577 g/mol. The molecule has 32 heavy (non-hydrogen) atoms. The second-order valence-corrected chi connectivity index (χ2v) is 8.64. The van der Waals surface area contributed by atoms with Gasteiger partial charge in [0, 0.05) is 51.5 Å². The van der Waals surface area contributed by atoms with Crippen LogP contribution in [-0.4, -0.2) is 84.0 Å². The zero-order valence-electron chi connectivity index (χ0n) is 18.4. The number of carbonyl (C=O) groups is 1. The van der Waals surface area contributed by atoms with E-state index in [9.17, 15) is 14.9 Å². The number of carbonyl (C=O) groups excluding carboxylic acids is 1. The van der Waals surface area contributed by atoms with Gasteiger partial charge < -0.3 is 19.9 Å². The number of nitrogens with zero attached hydrogens (tertiary/aromatic N) is 4. The Labute approximate surface area is 210 Å². The Kier molecular flexibility index (Phi) is 11.5. The number of amides is 1. The molecule has 1 amide bonds. The van der Waals surface area contributed by atoms with Gasteiger partial charge in [0.2, 0.25) is 0 Å². The summed E-state index contributed by atoms with van der Waals surface area (Å²) in [5.41, 5.74) is 0.997. The summed E-state index contributed by atoms with van der Waals surface area (Å²) < 4.78 is 5.54. The maximum atomic E-state index is 12.6. The van der Waals surface area contributed by atoms with Crippen molar-refractivity contribution in [1.29, 1.82) is 0 Å². The van der Waals surface area contributed by atoms with Crippen LogP contribution >= 0.6 is 35.7 Å². The first-order valence-corrected chi connectivity index (χ1v) is 12.1. The Morgan fingerprint density at radius 2 is 1.94 bits per heavy atom. The van der Waals surface area contributed by atoms with Crippen LogP contribution < -0.4 is 5.32 Å². The highest BCUT2D eigenvalue weighted by molar-refractivity contribution is 14.0. The Bertz CT molecular complexity index is 766. The Morgan fingerprint density at radius 3 is 2.53 bits per heavy atom. The first-order valence-electron chi connectivity index (χ1n) is 10.7. The number of thioether (sulfide) groups is 1. The van der Waals surface area contributed by atoms with Gasteiger partial charge >= 0.3 is 0 Å². The lowest BCUT2D eigenvalue weighted by Gasteiger charge is -2.37. The van der Waals surface area contributed by atoms with Crippen molar-refractivity contribution in [3.63, 3.8) is 0 Å². The van der Waals surface area contributed by atoms with E-state index in [-0.39, 0.29) is 41.7 Å². The molecule has 1 aromatic rings. The number of non-ortho nitro benzene ring substituents is 1. The minimum absolute atomic E-state index is 0. The first kappa shape index (κ1) is 26.7. The van der Waals surface area contributed by atoms with Crippen molar-refractivity contribution >= 4 is 53.3 Å². The number of benzene rings is 1. The fourth-order valence-corrected chi connectivity index (χ4v) is 4.12. The van der Waals surface area contributed by atoms with Crippen LogP contribution in [0.5, 0.6) is 0 Å². The number of ether oxygens (including phenoxy) is 1. The molecule has 2 saturated heterocycles. The number of hydrogen-bond donors (Lipinski definition) is 1. The van der Waals surface area contributed by atoms with E-state index in [1.165, 1.54) is 12.1 Å². The molecule has 9 nitrogen and oxygen atoms in total. The average molecular weight is 577 g/mol. The van der Waals surface area contributed by atoms with E-state index in [0.29, 0.717) is 39.3 Å². The van der Waals surface area contributed by atoms with Gasteiger partial charge in [0.15, 0.2) is 5.96 Å². The summed E-state index contributed by atoms with van der Waals surface area (Å²) in [5, 5.41) is 14.3. The Balaban J connectivity index is 0.00000363. The van der Waals surface area contributed by atoms with Crippen molar-refractivity contribution < 1.29 is 14.5 Å². The quantitative estimate of drug-likeness (QED) is 0.127. The van der Waals surface area contributed by atoms with Gasteiger partial charge in [0.25, 0.3) is 11.6 Å². The number of nitrogens with one attached hydrogen (secondary N) is 1. The summed E-state index contributed by atoms with van der Waals surface area (Å²) in [6.45, 7) is 4.69. The van der Waals surface area contributed by atoms with E-state index in [0.717, 1.165) is 43.1 Å². The summed E-state index contributed by atoms with van der Waals surface area (Å²) in [4.78, 5) is 31.9. The van der Waals surface area contributed by atoms with E-state index < -0.39 is 4.92 Å². The van der Waals surface area contributed by atoms with E-state index in [2.05, 4.69) is 16.5 Å². The lowest BCUT2D eigenvalue weighted by atomic mass is 10.2. The zero-order chi connectivity index (χ0) is 22.1. The van der Waals surface area contributed by atoms with Crippen LogP contribution in [0.25, 0.3) is 0 Å². The Morgan fingerprint density at radius 1 is 1.25 bits per heavy atom. The van der Waals surface area contributed by atoms with E-state index >= 15 is 0 Å². The number of aliphatic imine (C=N–C) groups is 1. The van der Waals surface area contributed by atoms with Gasteiger partial charge in [-0.3, -0.25) is 14.9 Å². The number of rotatable bonds is 8. The molecule has 0 aliphatic carbocycles. The normalized spacial score (nSPS) is 18.9. The predicted octanol–water partition coefficient (Wildman–Crippen LogP) is 2.73. The highest BCUT2D eigenvalue weighted by atomic mass is 127. The molecule has 0 aromatic heterocycles. The molecule has 3 rings (SSSR count). The van der Waals surface area contributed by atoms with Gasteiger partial charge in [-0.1, -0.05) is 12.1 Å². The highest BCUT2D eigenvalue weighted by Gasteiger charge is 2.30. The van der Waals surface area contributed by atoms with Gasteiger partial charge in [-0.25, -0.2) is 4.99 Å². The first-order chi connectivity index (χ1) is 15.1. The molecule has 2 heterocycles. The molecule has 11 heteroatoms. The predicted molar refractivity (Wildman–Crippen MR) is 138 cm³/mol. The van der Waals surface area contributed by atoms with Gasteiger partial charge in [0.05, 0.1) is 11.5 Å². The Hall–Kier alpha value is -1.60. The minimum atomic E-state index is -0.400. The maximum Gasteiger partial charge on any atom is 0.269 e. The SMILES string of the molecule is CSCCCNC(=NCc1ccc([N+](=O)[O-])cc1)N1CCN(C(=O)C2CCCO2)CC1.I. The van der Waals surface area contributed by atoms with Crippen LogP contribution in [0.3, 0.4) is 0 Å². The molecule has 1 atom stereocenters. The third-order valence-electron chi connectivity index (χ3n) is 5.46. The van der Waals surface area contributed by atoms with Crippen molar-refractivity contribution in [1.82, 2.24) is 15.1 Å². The number of nitro groups is 1. The maximum absolute atomic E-state index is 12.6. The van der Waals surface area contributed by atoms with Gasteiger partial charge in [-0.15, -0.1) is 24.0 Å². The summed E-state index contributed by atoms with van der Waals surface area (Å²) in [5.74, 6) is 2.00. The van der Waals surface area contributed by atoms with Gasteiger partial charge in [-0.2, -0.15) is 11.8 Å². The van der Waals surface area contributed by atoms with Crippen molar-refractivity contribution in [2.45, 2.75) is 31.9 Å². The van der Waals surface area contributed by atoms with Crippen LogP contribution in [-0.2, 0) is 16.1 Å². The summed E-state index contributed by atoms with van der Waals surface area (Å²) in [6, 6.07) is 6.49. The van der Waals surface area contributed by atoms with Crippen molar-refractivity contribution in [2.24, 2.45) is 4.99 Å². The molecule has 2 fully saturated rings. The van der Waals surface area contributed by atoms with Crippen molar-refractivity contribution in [3.8, 4) is 0 Å². The van der Waals surface area contributed by atoms with Crippen LogP contribution in [0.4, 0.5) is 5.69 Å². The van der Waals surface area contributed by atoms with Crippen molar-refractivity contribution in [2.75, 3.05) is 51.3 Å². The number of guanidine groups is 1. The highest BCUT2D eigenvalue weighted by Crippen LogP contribution is 2.16. The topological polar surface area (TPSA) is 100 Å². The summed E-state index contributed by atoms with van der Waals surface area (Å²) in [6.07, 6.45) is 4.63. The molecule has 178 valence electrons. The zero-order valence-corrected chi connectivity index (χ0v) is 21.6. The largest absolute Gasteiger partial charge is 0.368 e. The van der Waals surface area contributed by atoms with Crippen LogP contribution in [0.1, 0.15) is 24.8 Å². The van der Waals surface area contributed by atoms with E-state index in [4.69, 9.17) is 9.73 Å². The van der Waals surface area contributed by atoms with Crippen LogP contribution in [0, 0.1) is 10.1 Å². The van der Waals surface area contributed by atoms with Crippen LogP contribution in [0.2, 0.25) is 0 Å². The molecule has 0 saturated carbocycles. The molecule has 2 aliphatic rings. The molecular formula is C21H32IN5O4S. The standard InChI is InChI=1S/C21H31N5O4S.HI/c1-31-15-3-9-22-21(23-16-17-5-7-18(8-6-17)26(28)29)25-12-10-24(11-13-25)20(27)19-4-2-14-30-19;/h5-8,19H,2-4,9-16H2,1H3,(H,22,23);1H. The third kappa shape index (κ3) is 7.77. The number of halogens is 1. The molecule has 1 N–H and O–H groups in total. The lowest BCUT2D eigenvalue weighted by Crippen LogP contribution is -2.55.